The molecule has 1 unspecified atom stereocenters. The molecule has 0 aromatic heterocycles. The van der Waals surface area contributed by atoms with Gasteiger partial charge in [-0.05, 0) is 31.0 Å². The number of carbonyl (C=O) groups is 2. The largest absolute Gasteiger partial charge is 0.399 e. The Morgan fingerprint density at radius 2 is 2.06 bits per heavy atom. The molecule has 0 saturated carbocycles. The number of nitrogens with zero attached hydrogens (tertiary/aromatic N) is 1. The first kappa shape index (κ1) is 11.6. The molecule has 17 heavy (non-hydrogen) atoms. The van der Waals surface area contributed by atoms with Crippen molar-refractivity contribution in [2.45, 2.75) is 19.3 Å². The molecule has 2 rings (SSSR count). The summed E-state index contributed by atoms with van der Waals surface area (Å²) in [6.45, 7) is 2.39. The van der Waals surface area contributed by atoms with Crippen LogP contribution in [0.2, 0.25) is 0 Å². The number of nitrogen functional groups attached to an aromatic ring is 1. The third-order valence-corrected chi connectivity index (χ3v) is 3.05. The molecular formula is C13H16N2O2. The van der Waals surface area contributed by atoms with Crippen LogP contribution in [0.1, 0.15) is 24.8 Å². The number of ketones is 1. The average Bonchev–Trinajstić information content (AvgIpc) is 2.61. The number of rotatable bonds is 3. The van der Waals surface area contributed by atoms with Crippen molar-refractivity contribution in [3.8, 4) is 0 Å². The van der Waals surface area contributed by atoms with E-state index in [0.29, 0.717) is 12.2 Å². The first-order chi connectivity index (χ1) is 8.08. The smallest absolute Gasteiger partial charge is 0.230 e. The number of nitrogens with two attached hydrogens (primary N) is 1. The lowest BCUT2D eigenvalue weighted by Gasteiger charge is -2.14. The highest BCUT2D eigenvalue weighted by molar-refractivity contribution is 5.90. The van der Waals surface area contributed by atoms with Crippen LogP contribution in [0.5, 0.6) is 0 Å². The Balaban J connectivity index is 2.12. The number of anilines is 1. The molecule has 1 fully saturated rings. The zero-order valence-corrected chi connectivity index (χ0v) is 9.85. The fraction of sp³-hybridized carbons (Fsp3) is 0.385. The van der Waals surface area contributed by atoms with Crippen molar-refractivity contribution in [2.75, 3.05) is 18.8 Å². The lowest BCUT2D eigenvalue weighted by Crippen LogP contribution is -2.31. The van der Waals surface area contributed by atoms with Gasteiger partial charge in [0.25, 0.3) is 0 Å². The van der Waals surface area contributed by atoms with Gasteiger partial charge in [0.2, 0.25) is 5.91 Å². The number of amides is 1. The number of Topliss-reactive ketones (excluding diaryl/α,β-unsaturated/α-hetero) is 1. The van der Waals surface area contributed by atoms with Crippen molar-refractivity contribution in [2.24, 2.45) is 0 Å². The fourth-order valence-corrected chi connectivity index (χ4v) is 2.20. The Bertz CT molecular complexity index is 439. The standard InChI is InChI=1S/C13H16N2O2/c1-9(16)8-15-7-6-12(13(15)17)10-2-4-11(14)5-3-10/h2-5,12H,6-8,14H2,1H3. The van der Waals surface area contributed by atoms with Gasteiger partial charge in [-0.25, -0.2) is 0 Å². The van der Waals surface area contributed by atoms with E-state index < -0.39 is 0 Å². The Labute approximate surface area is 100 Å². The molecule has 1 aromatic rings. The highest BCUT2D eigenvalue weighted by Crippen LogP contribution is 2.28. The van der Waals surface area contributed by atoms with Crippen molar-refractivity contribution in [3.63, 3.8) is 0 Å². The maximum absolute atomic E-state index is 12.1. The van der Waals surface area contributed by atoms with Crippen LogP contribution in [0.3, 0.4) is 0 Å². The third-order valence-electron chi connectivity index (χ3n) is 3.05. The second kappa shape index (κ2) is 4.57. The summed E-state index contributed by atoms with van der Waals surface area (Å²) in [5.74, 6) is -0.0452. The maximum atomic E-state index is 12.1. The molecule has 1 amide bonds. The van der Waals surface area contributed by atoms with Crippen molar-refractivity contribution in [1.29, 1.82) is 0 Å². The minimum atomic E-state index is -0.116. The van der Waals surface area contributed by atoms with Crippen LogP contribution in [-0.2, 0) is 9.59 Å². The molecule has 1 aliphatic rings. The highest BCUT2D eigenvalue weighted by Gasteiger charge is 2.32. The van der Waals surface area contributed by atoms with E-state index >= 15 is 0 Å². The van der Waals surface area contributed by atoms with E-state index in [1.165, 1.54) is 6.92 Å². The SMILES string of the molecule is CC(=O)CN1CCC(c2ccc(N)cc2)C1=O. The number of hydrogen-bond donors (Lipinski definition) is 1. The summed E-state index contributed by atoms with van der Waals surface area (Å²) >= 11 is 0. The van der Waals surface area contributed by atoms with E-state index in [1.54, 1.807) is 17.0 Å². The zero-order valence-electron chi connectivity index (χ0n) is 9.85. The molecule has 0 radical (unpaired) electrons. The highest BCUT2D eigenvalue weighted by atomic mass is 16.2. The van der Waals surface area contributed by atoms with Crippen LogP contribution in [0.15, 0.2) is 24.3 Å². The summed E-state index contributed by atoms with van der Waals surface area (Å²) in [7, 11) is 0. The van der Waals surface area contributed by atoms with E-state index in [-0.39, 0.29) is 24.2 Å². The first-order valence-electron chi connectivity index (χ1n) is 5.71. The van der Waals surface area contributed by atoms with Crippen molar-refractivity contribution in [3.05, 3.63) is 29.8 Å². The Morgan fingerprint density at radius 3 is 2.65 bits per heavy atom. The molecule has 1 aromatic carbocycles. The van der Waals surface area contributed by atoms with E-state index in [2.05, 4.69) is 0 Å². The second-order valence-corrected chi connectivity index (χ2v) is 4.47. The van der Waals surface area contributed by atoms with Gasteiger partial charge in [-0.2, -0.15) is 0 Å². The molecule has 2 N–H and O–H groups in total. The van der Waals surface area contributed by atoms with Crippen LogP contribution >= 0.6 is 0 Å². The van der Waals surface area contributed by atoms with Gasteiger partial charge in [0.15, 0.2) is 0 Å². The maximum Gasteiger partial charge on any atom is 0.230 e. The van der Waals surface area contributed by atoms with Gasteiger partial charge in [0.05, 0.1) is 12.5 Å². The van der Waals surface area contributed by atoms with Gasteiger partial charge in [-0.1, -0.05) is 12.1 Å². The third kappa shape index (κ3) is 2.46. The van der Waals surface area contributed by atoms with Crippen molar-refractivity contribution in [1.82, 2.24) is 4.90 Å². The summed E-state index contributed by atoms with van der Waals surface area (Å²) in [6, 6.07) is 7.37. The van der Waals surface area contributed by atoms with E-state index in [9.17, 15) is 9.59 Å². The molecule has 4 nitrogen and oxygen atoms in total. The second-order valence-electron chi connectivity index (χ2n) is 4.47. The van der Waals surface area contributed by atoms with Crippen molar-refractivity contribution < 1.29 is 9.59 Å². The lowest BCUT2D eigenvalue weighted by atomic mass is 9.97. The Morgan fingerprint density at radius 1 is 1.41 bits per heavy atom. The molecule has 1 aliphatic heterocycles. The van der Waals surface area contributed by atoms with E-state index in [4.69, 9.17) is 5.73 Å². The molecule has 0 aliphatic carbocycles. The van der Waals surface area contributed by atoms with Gasteiger partial charge >= 0.3 is 0 Å². The van der Waals surface area contributed by atoms with Gasteiger partial charge in [0.1, 0.15) is 5.78 Å². The van der Waals surface area contributed by atoms with E-state index in [0.717, 1.165) is 12.0 Å². The topological polar surface area (TPSA) is 63.4 Å². The quantitative estimate of drug-likeness (QED) is 0.796. The fourth-order valence-electron chi connectivity index (χ4n) is 2.20. The number of likely N-dealkylation sites (tertiary alicyclic amines) is 1. The minimum absolute atomic E-state index is 0.0244. The monoisotopic (exact) mass is 232 g/mol. The Kier molecular flexibility index (Phi) is 3.13. The summed E-state index contributed by atoms with van der Waals surface area (Å²) in [5, 5.41) is 0. The van der Waals surface area contributed by atoms with Crippen LogP contribution in [0.25, 0.3) is 0 Å². The molecule has 1 saturated heterocycles. The summed E-state index contributed by atoms with van der Waals surface area (Å²) in [5.41, 5.74) is 7.29. The number of benzene rings is 1. The Hall–Kier alpha value is -1.84. The van der Waals surface area contributed by atoms with Gasteiger partial charge in [-0.3, -0.25) is 9.59 Å². The van der Waals surface area contributed by atoms with E-state index in [1.807, 2.05) is 12.1 Å². The van der Waals surface area contributed by atoms with Gasteiger partial charge in [-0.15, -0.1) is 0 Å². The molecule has 90 valence electrons. The number of carbonyl (C=O) groups excluding carboxylic acids is 2. The molecule has 0 spiro atoms. The van der Waals surface area contributed by atoms with Crippen LogP contribution < -0.4 is 5.73 Å². The van der Waals surface area contributed by atoms with Crippen molar-refractivity contribution >= 4 is 17.4 Å². The molecule has 1 heterocycles. The molecule has 1 atom stereocenters. The van der Waals surface area contributed by atoms with Crippen LogP contribution in [0.4, 0.5) is 5.69 Å². The van der Waals surface area contributed by atoms with Gasteiger partial charge < -0.3 is 10.6 Å². The first-order valence-corrected chi connectivity index (χ1v) is 5.71. The summed E-state index contributed by atoms with van der Waals surface area (Å²) in [4.78, 5) is 24.7. The molecule has 0 bridgehead atoms. The molecular weight excluding hydrogens is 216 g/mol. The number of hydrogen-bond acceptors (Lipinski definition) is 3. The predicted octanol–water partition coefficient (Wildman–Crippen LogP) is 1.17. The minimum Gasteiger partial charge on any atom is -0.399 e. The van der Waals surface area contributed by atoms with Crippen LogP contribution in [-0.4, -0.2) is 29.7 Å². The zero-order chi connectivity index (χ0) is 12.4. The predicted molar refractivity (Wildman–Crippen MR) is 65.5 cm³/mol. The normalized spacial score (nSPS) is 19.7. The summed E-state index contributed by atoms with van der Waals surface area (Å²) < 4.78 is 0. The van der Waals surface area contributed by atoms with Gasteiger partial charge in [0, 0.05) is 12.2 Å². The molecule has 4 heteroatoms. The van der Waals surface area contributed by atoms with Crippen LogP contribution in [0, 0.1) is 0 Å². The summed E-state index contributed by atoms with van der Waals surface area (Å²) in [6.07, 6.45) is 0.774. The average molecular weight is 232 g/mol. The lowest BCUT2D eigenvalue weighted by molar-refractivity contribution is -0.132.